The molecular weight excluding hydrogens is 328 g/mol. The van der Waals surface area contributed by atoms with Crippen LogP contribution in [0.3, 0.4) is 0 Å². The van der Waals surface area contributed by atoms with Crippen LogP contribution in [-0.2, 0) is 27.8 Å². The van der Waals surface area contributed by atoms with Crippen molar-refractivity contribution >= 4 is 8.80 Å². The number of epoxide rings is 1. The van der Waals surface area contributed by atoms with E-state index in [0.29, 0.717) is 26.4 Å². The SMILES string of the molecule is CCCCCC(CC[Si](OCC)(OCC)OCC)OOCC1CO1. The van der Waals surface area contributed by atoms with Crippen LogP contribution in [0.25, 0.3) is 0 Å². The monoisotopic (exact) mass is 364 g/mol. The molecule has 0 bridgehead atoms. The van der Waals surface area contributed by atoms with Crippen molar-refractivity contribution in [1.82, 2.24) is 0 Å². The lowest BCUT2D eigenvalue weighted by Gasteiger charge is -2.29. The number of hydrogen-bond acceptors (Lipinski definition) is 6. The Kier molecular flexibility index (Phi) is 12.1. The number of hydrogen-bond donors (Lipinski definition) is 0. The largest absolute Gasteiger partial charge is 0.501 e. The first kappa shape index (κ1) is 22.0. The quantitative estimate of drug-likeness (QED) is 0.129. The standard InChI is InChI=1S/C17H36O6Si/c1-5-9-10-11-16(23-19-15-17-14-18-17)12-13-24(20-6-2,21-7-3)22-8-4/h16-17H,5-15H2,1-4H3. The summed E-state index contributed by atoms with van der Waals surface area (Å²) in [7, 11) is -2.61. The summed E-state index contributed by atoms with van der Waals surface area (Å²) in [5, 5.41) is 0. The molecule has 1 fully saturated rings. The van der Waals surface area contributed by atoms with Gasteiger partial charge in [0.05, 0.1) is 12.7 Å². The molecule has 0 radical (unpaired) electrons. The molecule has 1 aliphatic rings. The Morgan fingerprint density at radius 2 is 1.58 bits per heavy atom. The van der Waals surface area contributed by atoms with Crippen LogP contribution in [0, 0.1) is 0 Å². The van der Waals surface area contributed by atoms with Gasteiger partial charge in [0.2, 0.25) is 0 Å². The summed E-state index contributed by atoms with van der Waals surface area (Å²) in [6.45, 7) is 11.2. The first-order chi connectivity index (χ1) is 11.7. The molecule has 0 saturated carbocycles. The maximum absolute atomic E-state index is 5.92. The van der Waals surface area contributed by atoms with Crippen molar-refractivity contribution in [3.63, 3.8) is 0 Å². The third kappa shape index (κ3) is 9.46. The van der Waals surface area contributed by atoms with Crippen molar-refractivity contribution in [2.75, 3.05) is 33.0 Å². The van der Waals surface area contributed by atoms with E-state index in [1.165, 1.54) is 12.8 Å². The molecule has 0 aromatic heterocycles. The Bertz CT molecular complexity index is 284. The molecule has 0 amide bonds. The van der Waals surface area contributed by atoms with E-state index in [1.54, 1.807) is 0 Å². The lowest BCUT2D eigenvalue weighted by molar-refractivity contribution is -0.327. The van der Waals surface area contributed by atoms with Crippen LogP contribution >= 0.6 is 0 Å². The van der Waals surface area contributed by atoms with Crippen molar-refractivity contribution in [3.05, 3.63) is 0 Å². The van der Waals surface area contributed by atoms with E-state index < -0.39 is 8.80 Å². The van der Waals surface area contributed by atoms with Gasteiger partial charge < -0.3 is 18.0 Å². The fourth-order valence-electron chi connectivity index (χ4n) is 2.58. The molecular formula is C17H36O6Si. The van der Waals surface area contributed by atoms with Gasteiger partial charge in [-0.3, -0.25) is 0 Å². The predicted molar refractivity (Wildman–Crippen MR) is 94.8 cm³/mol. The van der Waals surface area contributed by atoms with Crippen molar-refractivity contribution < 1.29 is 27.8 Å². The number of unbranched alkanes of at least 4 members (excludes halogenated alkanes) is 2. The number of rotatable bonds is 17. The molecule has 0 aromatic carbocycles. The van der Waals surface area contributed by atoms with E-state index in [4.69, 9.17) is 27.8 Å². The topological polar surface area (TPSA) is 58.7 Å². The van der Waals surface area contributed by atoms with Crippen molar-refractivity contribution in [2.45, 2.75) is 78.1 Å². The zero-order chi connectivity index (χ0) is 17.7. The molecule has 1 aliphatic heterocycles. The predicted octanol–water partition coefficient (Wildman–Crippen LogP) is 3.72. The molecule has 144 valence electrons. The van der Waals surface area contributed by atoms with Gasteiger partial charge in [-0.25, -0.2) is 9.78 Å². The van der Waals surface area contributed by atoms with E-state index in [-0.39, 0.29) is 12.2 Å². The van der Waals surface area contributed by atoms with Gasteiger partial charge in [0, 0.05) is 25.9 Å². The summed E-state index contributed by atoms with van der Waals surface area (Å²) < 4.78 is 22.9. The van der Waals surface area contributed by atoms with Gasteiger partial charge in [-0.15, -0.1) is 0 Å². The van der Waals surface area contributed by atoms with Gasteiger partial charge in [-0.1, -0.05) is 26.2 Å². The Hall–Kier alpha value is -0.0231. The van der Waals surface area contributed by atoms with Crippen LogP contribution in [0.4, 0.5) is 0 Å². The van der Waals surface area contributed by atoms with Gasteiger partial charge in [0.25, 0.3) is 0 Å². The van der Waals surface area contributed by atoms with Crippen LogP contribution < -0.4 is 0 Å². The lowest BCUT2D eigenvalue weighted by Crippen LogP contribution is -2.46. The summed E-state index contributed by atoms with van der Waals surface area (Å²) in [4.78, 5) is 11.0. The van der Waals surface area contributed by atoms with Gasteiger partial charge in [0.15, 0.2) is 0 Å². The van der Waals surface area contributed by atoms with E-state index in [1.807, 2.05) is 20.8 Å². The second-order valence-corrected chi connectivity index (χ2v) is 8.71. The minimum atomic E-state index is -2.61. The van der Waals surface area contributed by atoms with Crippen LogP contribution in [0.5, 0.6) is 0 Å². The van der Waals surface area contributed by atoms with E-state index >= 15 is 0 Å². The van der Waals surface area contributed by atoms with Crippen LogP contribution in [0.15, 0.2) is 0 Å². The number of ether oxygens (including phenoxy) is 1. The fourth-order valence-corrected chi connectivity index (χ4v) is 5.26. The van der Waals surface area contributed by atoms with Gasteiger partial charge in [-0.05, 0) is 33.6 Å². The van der Waals surface area contributed by atoms with Crippen LogP contribution in [0.2, 0.25) is 6.04 Å². The summed E-state index contributed by atoms with van der Waals surface area (Å²) >= 11 is 0. The molecule has 1 heterocycles. The molecule has 0 aromatic rings. The average Bonchev–Trinajstić information content (AvgIpc) is 3.37. The van der Waals surface area contributed by atoms with Gasteiger partial charge >= 0.3 is 8.80 Å². The van der Waals surface area contributed by atoms with Crippen molar-refractivity contribution in [1.29, 1.82) is 0 Å². The highest BCUT2D eigenvalue weighted by atomic mass is 28.4. The summed E-state index contributed by atoms with van der Waals surface area (Å²) in [6, 6.07) is 0.753. The maximum atomic E-state index is 5.92. The Morgan fingerprint density at radius 3 is 2.08 bits per heavy atom. The molecule has 2 unspecified atom stereocenters. The summed E-state index contributed by atoms with van der Waals surface area (Å²) in [6.07, 6.45) is 5.59. The maximum Gasteiger partial charge on any atom is 0.501 e. The zero-order valence-corrected chi connectivity index (χ0v) is 16.9. The Labute approximate surface area is 148 Å². The van der Waals surface area contributed by atoms with E-state index in [0.717, 1.165) is 31.9 Å². The highest BCUT2D eigenvalue weighted by molar-refractivity contribution is 6.60. The third-order valence-electron chi connectivity index (χ3n) is 3.86. The molecule has 0 N–H and O–H groups in total. The van der Waals surface area contributed by atoms with E-state index in [2.05, 4.69) is 6.92 Å². The normalized spacial score (nSPS) is 18.8. The smallest absolute Gasteiger partial charge is 0.374 e. The first-order valence-electron chi connectivity index (χ1n) is 9.51. The summed E-state index contributed by atoms with van der Waals surface area (Å²) in [5.74, 6) is 0. The van der Waals surface area contributed by atoms with Gasteiger partial charge in [-0.2, -0.15) is 0 Å². The fraction of sp³-hybridized carbons (Fsp3) is 1.00. The van der Waals surface area contributed by atoms with Crippen LogP contribution in [-0.4, -0.2) is 54.0 Å². The van der Waals surface area contributed by atoms with Crippen LogP contribution in [0.1, 0.15) is 59.8 Å². The third-order valence-corrected chi connectivity index (χ3v) is 6.94. The molecule has 2 atom stereocenters. The molecule has 0 spiro atoms. The summed E-state index contributed by atoms with van der Waals surface area (Å²) in [5.41, 5.74) is 0. The molecule has 1 rings (SSSR count). The minimum absolute atomic E-state index is 0.0449. The highest BCUT2D eigenvalue weighted by Gasteiger charge is 2.40. The second-order valence-electron chi connectivity index (χ2n) is 5.97. The van der Waals surface area contributed by atoms with E-state index in [9.17, 15) is 0 Å². The Balaban J connectivity index is 2.48. The lowest BCUT2D eigenvalue weighted by atomic mass is 10.1. The minimum Gasteiger partial charge on any atom is -0.374 e. The Morgan fingerprint density at radius 1 is 0.958 bits per heavy atom. The molecule has 7 heteroatoms. The molecule has 1 saturated heterocycles. The molecule has 24 heavy (non-hydrogen) atoms. The molecule has 0 aliphatic carbocycles. The van der Waals surface area contributed by atoms with Crippen molar-refractivity contribution in [3.8, 4) is 0 Å². The van der Waals surface area contributed by atoms with Crippen molar-refractivity contribution in [2.24, 2.45) is 0 Å². The first-order valence-corrected chi connectivity index (χ1v) is 11.4. The highest BCUT2D eigenvalue weighted by Crippen LogP contribution is 2.23. The second kappa shape index (κ2) is 13.2. The molecule has 6 nitrogen and oxygen atoms in total. The zero-order valence-electron chi connectivity index (χ0n) is 15.9. The average molecular weight is 365 g/mol. The van der Waals surface area contributed by atoms with Gasteiger partial charge in [0.1, 0.15) is 12.7 Å².